The van der Waals surface area contributed by atoms with Crippen LogP contribution in [0.2, 0.25) is 0 Å². The summed E-state index contributed by atoms with van der Waals surface area (Å²) in [4.78, 5) is 26.2. The highest BCUT2D eigenvalue weighted by Gasteiger charge is 2.39. The van der Waals surface area contributed by atoms with Crippen molar-refractivity contribution < 1.29 is 14.0 Å². The number of nitrogens with zero attached hydrogens (tertiary/aromatic N) is 2. The van der Waals surface area contributed by atoms with Crippen molar-refractivity contribution in [1.29, 1.82) is 10.5 Å². The van der Waals surface area contributed by atoms with E-state index in [-0.39, 0.29) is 0 Å². The first kappa shape index (κ1) is 21.1. The molecule has 1 amide bonds. The molecule has 2 rings (SSSR count). The zero-order chi connectivity index (χ0) is 20.7. The fourth-order valence-corrected chi connectivity index (χ4v) is 3.35. The minimum absolute atomic E-state index is 0.319. The van der Waals surface area contributed by atoms with Crippen molar-refractivity contribution >= 4 is 29.1 Å². The average molecular weight is 395 g/mol. The van der Waals surface area contributed by atoms with Gasteiger partial charge in [-0.3, -0.25) is 9.59 Å². The van der Waals surface area contributed by atoms with Gasteiger partial charge in [-0.25, -0.2) is 4.39 Å². The molecule has 0 saturated carbocycles. The van der Waals surface area contributed by atoms with E-state index in [9.17, 15) is 24.5 Å². The van der Waals surface area contributed by atoms with Crippen LogP contribution in [0.5, 0.6) is 0 Å². The molecule has 28 heavy (non-hydrogen) atoms. The Balaban J connectivity index is 2.44. The van der Waals surface area contributed by atoms with Gasteiger partial charge in [-0.05, 0) is 55.1 Å². The van der Waals surface area contributed by atoms with Gasteiger partial charge >= 0.3 is 0 Å². The van der Waals surface area contributed by atoms with Crippen LogP contribution >= 0.6 is 11.8 Å². The van der Waals surface area contributed by atoms with Gasteiger partial charge in [0.25, 0.3) is 0 Å². The molecule has 2 aromatic carbocycles. The molecule has 0 unspecified atom stereocenters. The molecule has 2 aromatic rings. The first-order valence-corrected chi connectivity index (χ1v) is 9.63. The smallest absolute Gasteiger partial charge is 0.235 e. The number of amides is 1. The number of benzene rings is 2. The molecule has 1 N–H and O–H groups in total. The number of ketones is 1. The van der Waals surface area contributed by atoms with Gasteiger partial charge in [0.2, 0.25) is 5.91 Å². The number of nitriles is 2. The van der Waals surface area contributed by atoms with Crippen LogP contribution in [0.4, 0.5) is 10.1 Å². The second kappa shape index (κ2) is 9.68. The number of anilines is 1. The second-order valence-electron chi connectivity index (χ2n) is 6.12. The standard InChI is InChI=1S/C21H18FN3O2S/c1-13(26)19(21(27)25-17-7-5-16(22)6-8-17)20(15(11-23)12-24)14-3-9-18(28-2)10-4-14/h3-10,15,19-20H,1-2H3,(H,25,27)/t19-,20+/m0/s1. The van der Waals surface area contributed by atoms with Gasteiger partial charge < -0.3 is 5.32 Å². The molecule has 0 spiro atoms. The molecule has 0 saturated heterocycles. The number of nitrogens with one attached hydrogen (secondary N) is 1. The molecule has 0 heterocycles. The van der Waals surface area contributed by atoms with Crippen molar-refractivity contribution in [2.75, 3.05) is 11.6 Å². The van der Waals surface area contributed by atoms with E-state index in [0.717, 1.165) is 4.90 Å². The zero-order valence-corrected chi connectivity index (χ0v) is 16.2. The van der Waals surface area contributed by atoms with Crippen molar-refractivity contribution in [3.63, 3.8) is 0 Å². The molecule has 142 valence electrons. The van der Waals surface area contributed by atoms with E-state index < -0.39 is 35.3 Å². The molecular formula is C21H18FN3O2S. The number of carbonyl (C=O) groups is 2. The molecule has 0 aliphatic rings. The largest absolute Gasteiger partial charge is 0.325 e. The summed E-state index contributed by atoms with van der Waals surface area (Å²) in [7, 11) is 0. The lowest BCUT2D eigenvalue weighted by molar-refractivity contribution is -0.131. The first-order chi connectivity index (χ1) is 13.4. The normalized spacial score (nSPS) is 12.5. The minimum atomic E-state index is -1.24. The number of carbonyl (C=O) groups excluding carboxylic acids is 2. The summed E-state index contributed by atoms with van der Waals surface area (Å²) < 4.78 is 13.1. The maximum absolute atomic E-state index is 13.1. The predicted octanol–water partition coefficient (Wildman–Crippen LogP) is 4.14. The van der Waals surface area contributed by atoms with E-state index in [1.54, 1.807) is 12.1 Å². The van der Waals surface area contributed by atoms with Crippen molar-refractivity contribution in [1.82, 2.24) is 0 Å². The number of hydrogen-bond donors (Lipinski definition) is 1. The third-order valence-electron chi connectivity index (χ3n) is 4.33. The summed E-state index contributed by atoms with van der Waals surface area (Å²) in [5.41, 5.74) is 0.875. The van der Waals surface area contributed by atoms with E-state index in [1.807, 2.05) is 30.5 Å². The van der Waals surface area contributed by atoms with Crippen molar-refractivity contribution in [3.8, 4) is 12.1 Å². The molecule has 2 atom stereocenters. The van der Waals surface area contributed by atoms with Gasteiger partial charge in [0, 0.05) is 16.5 Å². The van der Waals surface area contributed by atoms with Crippen LogP contribution in [-0.4, -0.2) is 17.9 Å². The number of rotatable bonds is 7. The van der Waals surface area contributed by atoms with Gasteiger partial charge in [-0.1, -0.05) is 12.1 Å². The van der Waals surface area contributed by atoms with Crippen molar-refractivity contribution in [3.05, 3.63) is 59.9 Å². The van der Waals surface area contributed by atoms with Gasteiger partial charge in [0.1, 0.15) is 23.4 Å². The van der Waals surface area contributed by atoms with Crippen molar-refractivity contribution in [2.24, 2.45) is 11.8 Å². The SMILES string of the molecule is CSc1ccc([C@H](C(C#N)C#N)[C@H](C(C)=O)C(=O)Nc2ccc(F)cc2)cc1. The Morgan fingerprint density at radius 1 is 1.04 bits per heavy atom. The summed E-state index contributed by atoms with van der Waals surface area (Å²) in [5.74, 6) is -4.92. The fraction of sp³-hybridized carbons (Fsp3) is 0.238. The van der Waals surface area contributed by atoms with E-state index >= 15 is 0 Å². The fourth-order valence-electron chi connectivity index (χ4n) is 2.95. The lowest BCUT2D eigenvalue weighted by Gasteiger charge is -2.25. The number of thioether (sulfide) groups is 1. The quantitative estimate of drug-likeness (QED) is 0.562. The summed E-state index contributed by atoms with van der Waals surface area (Å²) in [5, 5.41) is 21.4. The molecule has 0 aliphatic heterocycles. The second-order valence-corrected chi connectivity index (χ2v) is 7.00. The molecule has 0 aliphatic carbocycles. The molecule has 0 aromatic heterocycles. The predicted molar refractivity (Wildman–Crippen MR) is 105 cm³/mol. The number of Topliss-reactive ketones (excluding diaryl/α,β-unsaturated/α-hetero) is 1. The molecule has 0 bridgehead atoms. The number of halogens is 1. The molecule has 5 nitrogen and oxygen atoms in total. The molecule has 7 heteroatoms. The summed E-state index contributed by atoms with van der Waals surface area (Å²) >= 11 is 1.53. The highest BCUT2D eigenvalue weighted by Crippen LogP contribution is 2.34. The van der Waals surface area contributed by atoms with Gasteiger partial charge in [-0.15, -0.1) is 11.8 Å². The van der Waals surface area contributed by atoms with Crippen LogP contribution in [0.3, 0.4) is 0 Å². The Bertz CT molecular complexity index is 916. The Kier molecular flexibility index (Phi) is 7.31. The highest BCUT2D eigenvalue weighted by molar-refractivity contribution is 7.98. The maximum Gasteiger partial charge on any atom is 0.235 e. The molecule has 0 radical (unpaired) electrons. The van der Waals surface area contributed by atoms with Crippen LogP contribution in [0.1, 0.15) is 18.4 Å². The number of hydrogen-bond acceptors (Lipinski definition) is 5. The zero-order valence-electron chi connectivity index (χ0n) is 15.3. The molecule has 0 fully saturated rings. The Hall–Kier alpha value is -3.16. The van der Waals surface area contributed by atoms with Gasteiger partial charge in [-0.2, -0.15) is 10.5 Å². The highest BCUT2D eigenvalue weighted by atomic mass is 32.2. The Labute approximate surface area is 167 Å². The van der Waals surface area contributed by atoms with Crippen LogP contribution in [0, 0.1) is 40.3 Å². The third-order valence-corrected chi connectivity index (χ3v) is 5.07. The lowest BCUT2D eigenvalue weighted by Crippen LogP contribution is -2.36. The topological polar surface area (TPSA) is 93.8 Å². The van der Waals surface area contributed by atoms with E-state index in [2.05, 4.69) is 5.32 Å². The van der Waals surface area contributed by atoms with Gasteiger partial charge in [0.05, 0.1) is 12.1 Å². The van der Waals surface area contributed by atoms with Crippen LogP contribution in [0.25, 0.3) is 0 Å². The van der Waals surface area contributed by atoms with E-state index in [4.69, 9.17) is 0 Å². The maximum atomic E-state index is 13.1. The minimum Gasteiger partial charge on any atom is -0.325 e. The van der Waals surface area contributed by atoms with E-state index in [0.29, 0.717) is 11.3 Å². The summed E-state index contributed by atoms with van der Waals surface area (Å²) in [6, 6.07) is 16.0. The van der Waals surface area contributed by atoms with Crippen molar-refractivity contribution in [2.45, 2.75) is 17.7 Å². The van der Waals surface area contributed by atoms with E-state index in [1.165, 1.54) is 43.0 Å². The van der Waals surface area contributed by atoms with Crippen LogP contribution in [0.15, 0.2) is 53.4 Å². The average Bonchev–Trinajstić information content (AvgIpc) is 2.69. The third kappa shape index (κ3) is 4.97. The Morgan fingerprint density at radius 2 is 1.61 bits per heavy atom. The molecular weight excluding hydrogens is 377 g/mol. The first-order valence-electron chi connectivity index (χ1n) is 8.41. The Morgan fingerprint density at radius 3 is 2.07 bits per heavy atom. The summed E-state index contributed by atoms with van der Waals surface area (Å²) in [6.07, 6.45) is 1.91. The summed E-state index contributed by atoms with van der Waals surface area (Å²) in [6.45, 7) is 1.25. The monoisotopic (exact) mass is 395 g/mol. The lowest BCUT2D eigenvalue weighted by atomic mass is 9.75. The van der Waals surface area contributed by atoms with Crippen LogP contribution in [-0.2, 0) is 9.59 Å². The van der Waals surface area contributed by atoms with Crippen LogP contribution < -0.4 is 5.32 Å². The van der Waals surface area contributed by atoms with Gasteiger partial charge in [0.15, 0.2) is 0 Å².